The van der Waals surface area contributed by atoms with Crippen molar-refractivity contribution in [2.45, 2.75) is 16.6 Å². The molecule has 1 aromatic rings. The van der Waals surface area contributed by atoms with Crippen molar-refractivity contribution < 1.29 is 4.79 Å². The SMILES string of the molecule is CC(=O)C(Br)c1cc(Br)ccc1S. The topological polar surface area (TPSA) is 17.1 Å². The van der Waals surface area contributed by atoms with Crippen LogP contribution in [0.15, 0.2) is 27.6 Å². The lowest BCUT2D eigenvalue weighted by Gasteiger charge is -2.09. The minimum absolute atomic E-state index is 0.0772. The van der Waals surface area contributed by atoms with E-state index in [0.29, 0.717) is 0 Å². The second-order valence-corrected chi connectivity index (χ2v) is 4.99. The lowest BCUT2D eigenvalue weighted by atomic mass is 10.1. The number of halogens is 2. The lowest BCUT2D eigenvalue weighted by molar-refractivity contribution is -0.116. The maximum absolute atomic E-state index is 11.1. The second-order valence-electron chi connectivity index (χ2n) is 2.68. The largest absolute Gasteiger partial charge is 0.298 e. The molecule has 0 saturated heterocycles. The summed E-state index contributed by atoms with van der Waals surface area (Å²) in [7, 11) is 0. The molecule has 0 fully saturated rings. The number of carbonyl (C=O) groups excluding carboxylic acids is 1. The summed E-state index contributed by atoms with van der Waals surface area (Å²) in [4.78, 5) is 11.7. The van der Waals surface area contributed by atoms with Crippen LogP contribution >= 0.6 is 44.5 Å². The molecule has 0 radical (unpaired) electrons. The molecule has 4 heteroatoms. The summed E-state index contributed by atoms with van der Waals surface area (Å²) in [6.07, 6.45) is 0. The van der Waals surface area contributed by atoms with E-state index in [1.165, 1.54) is 0 Å². The van der Waals surface area contributed by atoms with Crippen molar-refractivity contribution in [2.75, 3.05) is 0 Å². The average Bonchev–Trinajstić information content (AvgIpc) is 2.08. The Morgan fingerprint density at radius 3 is 2.69 bits per heavy atom. The molecule has 0 aliphatic rings. The van der Waals surface area contributed by atoms with Gasteiger partial charge in [0, 0.05) is 9.37 Å². The predicted molar refractivity (Wildman–Crippen MR) is 63.7 cm³/mol. The van der Waals surface area contributed by atoms with Crippen LogP contribution in [0.3, 0.4) is 0 Å². The molecule has 1 nitrogen and oxygen atoms in total. The number of carbonyl (C=O) groups is 1. The lowest BCUT2D eigenvalue weighted by Crippen LogP contribution is -2.01. The number of hydrogen-bond acceptors (Lipinski definition) is 2. The number of benzene rings is 1. The Labute approximate surface area is 99.6 Å². The van der Waals surface area contributed by atoms with Crippen LogP contribution in [-0.4, -0.2) is 5.78 Å². The fourth-order valence-electron chi connectivity index (χ4n) is 0.947. The fourth-order valence-corrected chi connectivity index (χ4v) is 2.15. The summed E-state index contributed by atoms with van der Waals surface area (Å²) >= 11 is 10.9. The highest BCUT2D eigenvalue weighted by molar-refractivity contribution is 9.10. The van der Waals surface area contributed by atoms with E-state index >= 15 is 0 Å². The number of thiol groups is 1. The minimum Gasteiger partial charge on any atom is -0.298 e. The highest BCUT2D eigenvalue weighted by Gasteiger charge is 2.15. The Bertz CT molecular complexity index is 338. The summed E-state index contributed by atoms with van der Waals surface area (Å²) in [5, 5.41) is 0. The van der Waals surface area contributed by atoms with Crippen LogP contribution in [0.4, 0.5) is 0 Å². The molecule has 0 heterocycles. The second kappa shape index (κ2) is 4.62. The van der Waals surface area contributed by atoms with E-state index in [1.807, 2.05) is 18.2 Å². The Balaban J connectivity index is 3.12. The Morgan fingerprint density at radius 1 is 1.54 bits per heavy atom. The summed E-state index contributed by atoms with van der Waals surface area (Å²) in [5.41, 5.74) is 0.894. The van der Waals surface area contributed by atoms with Gasteiger partial charge in [0.1, 0.15) is 5.78 Å². The highest BCUT2D eigenvalue weighted by atomic mass is 79.9. The van der Waals surface area contributed by atoms with Crippen molar-refractivity contribution in [2.24, 2.45) is 0 Å². The first-order valence-electron chi connectivity index (χ1n) is 3.65. The van der Waals surface area contributed by atoms with E-state index in [1.54, 1.807) is 6.92 Å². The van der Waals surface area contributed by atoms with Gasteiger partial charge in [0.25, 0.3) is 0 Å². The van der Waals surface area contributed by atoms with Crippen molar-refractivity contribution in [3.05, 3.63) is 28.2 Å². The van der Waals surface area contributed by atoms with Gasteiger partial charge >= 0.3 is 0 Å². The molecule has 1 unspecified atom stereocenters. The monoisotopic (exact) mass is 322 g/mol. The molecule has 0 aliphatic carbocycles. The normalized spacial score (nSPS) is 12.6. The van der Waals surface area contributed by atoms with Crippen molar-refractivity contribution in [1.82, 2.24) is 0 Å². The van der Waals surface area contributed by atoms with Gasteiger partial charge in [0.15, 0.2) is 0 Å². The van der Waals surface area contributed by atoms with Crippen LogP contribution in [0.25, 0.3) is 0 Å². The van der Waals surface area contributed by atoms with Gasteiger partial charge in [-0.15, -0.1) is 12.6 Å². The maximum Gasteiger partial charge on any atom is 0.147 e. The van der Waals surface area contributed by atoms with Crippen LogP contribution < -0.4 is 0 Å². The van der Waals surface area contributed by atoms with Crippen LogP contribution in [0, 0.1) is 0 Å². The van der Waals surface area contributed by atoms with E-state index < -0.39 is 0 Å². The molecule has 0 spiro atoms. The van der Waals surface area contributed by atoms with Crippen LogP contribution in [-0.2, 0) is 4.79 Å². The average molecular weight is 324 g/mol. The maximum atomic E-state index is 11.1. The van der Waals surface area contributed by atoms with Gasteiger partial charge in [-0.05, 0) is 30.7 Å². The van der Waals surface area contributed by atoms with Crippen molar-refractivity contribution in [1.29, 1.82) is 0 Å². The molecule has 13 heavy (non-hydrogen) atoms. The Kier molecular flexibility index (Phi) is 4.01. The van der Waals surface area contributed by atoms with Crippen molar-refractivity contribution in [3.63, 3.8) is 0 Å². The molecule has 0 N–H and O–H groups in total. The summed E-state index contributed by atoms with van der Waals surface area (Å²) in [6.45, 7) is 1.55. The van der Waals surface area contributed by atoms with Gasteiger partial charge in [0.05, 0.1) is 4.83 Å². The van der Waals surface area contributed by atoms with E-state index in [4.69, 9.17) is 0 Å². The zero-order chi connectivity index (χ0) is 10.0. The van der Waals surface area contributed by atoms with Gasteiger partial charge in [-0.1, -0.05) is 31.9 Å². The van der Waals surface area contributed by atoms with Gasteiger partial charge in [-0.25, -0.2) is 0 Å². The molecular formula is C9H8Br2OS. The van der Waals surface area contributed by atoms with Gasteiger partial charge in [-0.3, -0.25) is 4.79 Å². The predicted octanol–water partition coefficient (Wildman–Crippen LogP) is 3.76. The third kappa shape index (κ3) is 2.82. The zero-order valence-electron chi connectivity index (χ0n) is 6.92. The quantitative estimate of drug-likeness (QED) is 0.647. The van der Waals surface area contributed by atoms with Crippen molar-refractivity contribution >= 4 is 50.3 Å². The van der Waals surface area contributed by atoms with Crippen LogP contribution in [0.5, 0.6) is 0 Å². The third-order valence-corrected chi connectivity index (χ3v) is 3.66. The molecular weight excluding hydrogens is 316 g/mol. The van der Waals surface area contributed by atoms with Gasteiger partial charge in [0.2, 0.25) is 0 Å². The molecule has 0 aliphatic heterocycles. The van der Waals surface area contributed by atoms with E-state index in [9.17, 15) is 4.79 Å². The van der Waals surface area contributed by atoms with Gasteiger partial charge in [-0.2, -0.15) is 0 Å². The summed E-state index contributed by atoms with van der Waals surface area (Å²) in [6, 6.07) is 5.65. The first-order valence-corrected chi connectivity index (χ1v) is 5.81. The summed E-state index contributed by atoms with van der Waals surface area (Å²) < 4.78 is 0.950. The first kappa shape index (κ1) is 11.3. The smallest absolute Gasteiger partial charge is 0.147 e. The molecule has 1 atom stereocenters. The van der Waals surface area contributed by atoms with Crippen LogP contribution in [0.2, 0.25) is 0 Å². The van der Waals surface area contributed by atoms with E-state index in [-0.39, 0.29) is 10.6 Å². The first-order chi connectivity index (χ1) is 6.02. The fraction of sp³-hybridized carbons (Fsp3) is 0.222. The zero-order valence-corrected chi connectivity index (χ0v) is 11.0. The molecule has 0 amide bonds. The van der Waals surface area contributed by atoms with Gasteiger partial charge < -0.3 is 0 Å². The number of ketones is 1. The highest BCUT2D eigenvalue weighted by Crippen LogP contribution is 2.31. The standard InChI is InChI=1S/C9H8Br2OS/c1-5(12)9(11)7-4-6(10)2-3-8(7)13/h2-4,9,13H,1H3. The van der Waals surface area contributed by atoms with Crippen LogP contribution in [0.1, 0.15) is 17.3 Å². The summed E-state index contributed by atoms with van der Waals surface area (Å²) in [5.74, 6) is 0.0772. The molecule has 1 rings (SSSR count). The Morgan fingerprint density at radius 2 is 2.15 bits per heavy atom. The number of alkyl halides is 1. The Hall–Kier alpha value is 0.200. The molecule has 70 valence electrons. The molecule has 1 aromatic carbocycles. The third-order valence-electron chi connectivity index (χ3n) is 1.62. The molecule has 0 saturated carbocycles. The number of Topliss-reactive ketones (excluding diaryl/α,β-unsaturated/α-hetero) is 1. The van der Waals surface area contributed by atoms with Crippen molar-refractivity contribution in [3.8, 4) is 0 Å². The minimum atomic E-state index is -0.266. The number of rotatable bonds is 2. The van der Waals surface area contributed by atoms with E-state index in [0.717, 1.165) is 14.9 Å². The number of hydrogen-bond donors (Lipinski definition) is 1. The molecule has 0 aromatic heterocycles. The molecule has 0 bridgehead atoms. The van der Waals surface area contributed by atoms with E-state index in [2.05, 4.69) is 44.5 Å².